The summed E-state index contributed by atoms with van der Waals surface area (Å²) in [4.78, 5) is 30.8. The number of pyridine rings is 1. The number of nitrogens with one attached hydrogen (secondary N) is 1. The zero-order valence-corrected chi connectivity index (χ0v) is 15.2. The highest BCUT2D eigenvalue weighted by molar-refractivity contribution is 6.07. The molecule has 0 bridgehead atoms. The van der Waals surface area contributed by atoms with E-state index in [9.17, 15) is 9.59 Å². The quantitative estimate of drug-likeness (QED) is 0.772. The third-order valence-electron chi connectivity index (χ3n) is 5.41. The van der Waals surface area contributed by atoms with Gasteiger partial charge in [-0.1, -0.05) is 30.3 Å². The van der Waals surface area contributed by atoms with Gasteiger partial charge in [0.25, 0.3) is 11.5 Å². The van der Waals surface area contributed by atoms with E-state index < -0.39 is 0 Å². The molecule has 1 amide bonds. The van der Waals surface area contributed by atoms with Gasteiger partial charge in [-0.3, -0.25) is 9.59 Å². The standard InChI is InChI=1S/C21H23N3O2/c1-14-12-23(2)21(26)18-17(11-22-19(14)18)20(25)24-10-6-9-16(13-24)15-7-4-3-5-8-15/h3-5,7-8,11-12,16,22H,6,9-10,13H2,1-2H3. The number of hydrogen-bond acceptors (Lipinski definition) is 2. The first kappa shape index (κ1) is 16.6. The van der Waals surface area contributed by atoms with Gasteiger partial charge in [0.1, 0.15) is 0 Å². The molecule has 0 spiro atoms. The summed E-state index contributed by atoms with van der Waals surface area (Å²) in [6, 6.07) is 10.4. The number of piperidine rings is 1. The molecule has 0 saturated carbocycles. The summed E-state index contributed by atoms with van der Waals surface area (Å²) in [5, 5.41) is 0.499. The minimum atomic E-state index is -0.133. The van der Waals surface area contributed by atoms with Gasteiger partial charge in [0.05, 0.1) is 16.5 Å². The van der Waals surface area contributed by atoms with Crippen molar-refractivity contribution in [3.05, 3.63) is 69.8 Å². The summed E-state index contributed by atoms with van der Waals surface area (Å²) < 4.78 is 1.55. The average Bonchev–Trinajstić information content (AvgIpc) is 3.12. The molecule has 1 atom stereocenters. The van der Waals surface area contributed by atoms with Gasteiger partial charge in [0.15, 0.2) is 0 Å². The van der Waals surface area contributed by atoms with Crippen LogP contribution < -0.4 is 5.56 Å². The molecule has 1 fully saturated rings. The van der Waals surface area contributed by atoms with Crippen LogP contribution in [0.25, 0.3) is 10.9 Å². The number of carbonyl (C=O) groups is 1. The Morgan fingerprint density at radius 1 is 1.23 bits per heavy atom. The van der Waals surface area contributed by atoms with E-state index in [1.54, 1.807) is 24.0 Å². The fourth-order valence-electron chi connectivity index (χ4n) is 4.04. The number of aryl methyl sites for hydroxylation is 2. The first-order valence-electron chi connectivity index (χ1n) is 9.08. The van der Waals surface area contributed by atoms with Crippen molar-refractivity contribution < 1.29 is 4.79 Å². The number of aromatic nitrogens is 2. The topological polar surface area (TPSA) is 58.1 Å². The maximum atomic E-state index is 13.2. The normalized spacial score (nSPS) is 17.6. The second-order valence-corrected chi connectivity index (χ2v) is 7.18. The second kappa shape index (κ2) is 6.48. The van der Waals surface area contributed by atoms with Crippen molar-refractivity contribution in [1.29, 1.82) is 0 Å². The van der Waals surface area contributed by atoms with Crippen molar-refractivity contribution in [3.8, 4) is 0 Å². The van der Waals surface area contributed by atoms with E-state index in [0.717, 1.165) is 30.5 Å². The van der Waals surface area contributed by atoms with Gasteiger partial charge in [-0.2, -0.15) is 0 Å². The molecule has 1 saturated heterocycles. The van der Waals surface area contributed by atoms with Crippen LogP contribution in [0.3, 0.4) is 0 Å². The minimum Gasteiger partial charge on any atom is -0.360 e. The monoisotopic (exact) mass is 349 g/mol. The number of rotatable bonds is 2. The van der Waals surface area contributed by atoms with Crippen molar-refractivity contribution in [2.24, 2.45) is 7.05 Å². The number of nitrogens with zero attached hydrogens (tertiary/aromatic N) is 2. The van der Waals surface area contributed by atoms with E-state index in [-0.39, 0.29) is 11.5 Å². The molecule has 26 heavy (non-hydrogen) atoms. The maximum Gasteiger partial charge on any atom is 0.260 e. The van der Waals surface area contributed by atoms with E-state index in [1.165, 1.54) is 5.56 Å². The molecular weight excluding hydrogens is 326 g/mol. The second-order valence-electron chi connectivity index (χ2n) is 7.18. The van der Waals surface area contributed by atoms with Crippen LogP contribution in [-0.2, 0) is 7.05 Å². The highest BCUT2D eigenvalue weighted by Gasteiger charge is 2.27. The Balaban J connectivity index is 1.68. The number of benzene rings is 1. The lowest BCUT2D eigenvalue weighted by Crippen LogP contribution is -2.39. The Morgan fingerprint density at radius 2 is 2.00 bits per heavy atom. The lowest BCUT2D eigenvalue weighted by atomic mass is 9.90. The summed E-state index contributed by atoms with van der Waals surface area (Å²) in [7, 11) is 1.72. The number of aromatic amines is 1. The van der Waals surface area contributed by atoms with Gasteiger partial charge in [-0.05, 0) is 30.9 Å². The number of H-pyrrole nitrogens is 1. The zero-order chi connectivity index (χ0) is 18.3. The smallest absolute Gasteiger partial charge is 0.260 e. The van der Waals surface area contributed by atoms with Gasteiger partial charge in [0.2, 0.25) is 0 Å². The van der Waals surface area contributed by atoms with Crippen LogP contribution in [-0.4, -0.2) is 33.4 Å². The Bertz CT molecular complexity index is 1020. The number of fused-ring (bicyclic) bond motifs is 1. The van der Waals surface area contributed by atoms with E-state index in [2.05, 4.69) is 17.1 Å². The molecule has 134 valence electrons. The first-order chi connectivity index (χ1) is 12.6. The van der Waals surface area contributed by atoms with E-state index in [0.29, 0.717) is 23.4 Å². The van der Waals surface area contributed by atoms with Gasteiger partial charge in [-0.15, -0.1) is 0 Å². The molecule has 3 heterocycles. The van der Waals surface area contributed by atoms with Gasteiger partial charge >= 0.3 is 0 Å². The fourth-order valence-corrected chi connectivity index (χ4v) is 4.04. The fraction of sp³-hybridized carbons (Fsp3) is 0.333. The Hall–Kier alpha value is -2.82. The van der Waals surface area contributed by atoms with E-state index in [1.807, 2.05) is 30.0 Å². The summed E-state index contributed by atoms with van der Waals surface area (Å²) >= 11 is 0. The van der Waals surface area contributed by atoms with Crippen LogP contribution in [0.1, 0.15) is 40.2 Å². The predicted octanol–water partition coefficient (Wildman–Crippen LogP) is 3.19. The molecule has 0 aliphatic carbocycles. The molecule has 1 aliphatic rings. The third-order valence-corrected chi connectivity index (χ3v) is 5.41. The molecular formula is C21H23N3O2. The van der Waals surface area contributed by atoms with Crippen LogP contribution >= 0.6 is 0 Å². The van der Waals surface area contributed by atoms with E-state index >= 15 is 0 Å². The molecule has 5 heteroatoms. The Labute approximate surface area is 152 Å². The summed E-state index contributed by atoms with van der Waals surface area (Å²) in [6.07, 6.45) is 5.54. The Kier molecular flexibility index (Phi) is 4.15. The number of likely N-dealkylation sites (tertiary alicyclic amines) is 1. The molecule has 5 nitrogen and oxygen atoms in total. The van der Waals surface area contributed by atoms with Crippen molar-refractivity contribution in [3.63, 3.8) is 0 Å². The molecule has 0 radical (unpaired) electrons. The number of hydrogen-bond donors (Lipinski definition) is 1. The van der Waals surface area contributed by atoms with E-state index in [4.69, 9.17) is 0 Å². The third kappa shape index (κ3) is 2.73. The molecule has 4 rings (SSSR count). The summed E-state index contributed by atoms with van der Waals surface area (Å²) in [6.45, 7) is 3.38. The van der Waals surface area contributed by atoms with Gasteiger partial charge < -0.3 is 14.5 Å². The number of amides is 1. The predicted molar refractivity (Wildman–Crippen MR) is 103 cm³/mol. The maximum absolute atomic E-state index is 13.2. The summed E-state index contributed by atoms with van der Waals surface area (Å²) in [5.74, 6) is 0.295. The van der Waals surface area contributed by atoms with Crippen LogP contribution in [0.5, 0.6) is 0 Å². The van der Waals surface area contributed by atoms with Crippen LogP contribution in [0.15, 0.2) is 47.5 Å². The highest BCUT2D eigenvalue weighted by atomic mass is 16.2. The molecule has 1 N–H and O–H groups in total. The highest BCUT2D eigenvalue weighted by Crippen LogP contribution is 2.28. The largest absolute Gasteiger partial charge is 0.360 e. The lowest BCUT2D eigenvalue weighted by Gasteiger charge is -2.33. The van der Waals surface area contributed by atoms with Gasteiger partial charge in [0, 0.05) is 38.4 Å². The minimum absolute atomic E-state index is 0.0559. The molecule has 1 aromatic carbocycles. The molecule has 1 aliphatic heterocycles. The van der Waals surface area contributed by atoms with Crippen molar-refractivity contribution >= 4 is 16.8 Å². The summed E-state index contributed by atoms with van der Waals surface area (Å²) in [5.41, 5.74) is 3.34. The molecule has 1 unspecified atom stereocenters. The zero-order valence-electron chi connectivity index (χ0n) is 15.2. The Morgan fingerprint density at radius 3 is 2.77 bits per heavy atom. The van der Waals surface area contributed by atoms with Gasteiger partial charge in [-0.25, -0.2) is 0 Å². The van der Waals surface area contributed by atoms with Crippen molar-refractivity contribution in [2.75, 3.05) is 13.1 Å². The average molecular weight is 349 g/mol. The van der Waals surface area contributed by atoms with Crippen molar-refractivity contribution in [2.45, 2.75) is 25.7 Å². The van der Waals surface area contributed by atoms with Crippen LogP contribution in [0.4, 0.5) is 0 Å². The van der Waals surface area contributed by atoms with Crippen LogP contribution in [0.2, 0.25) is 0 Å². The first-order valence-corrected chi connectivity index (χ1v) is 9.08. The molecule has 2 aromatic heterocycles. The van der Waals surface area contributed by atoms with Crippen LogP contribution in [0, 0.1) is 6.92 Å². The SMILES string of the molecule is Cc1cn(C)c(=O)c2c(C(=O)N3CCCC(c4ccccc4)C3)c[nH]c12. The molecule has 3 aromatic rings. The number of carbonyl (C=O) groups excluding carboxylic acids is 1. The van der Waals surface area contributed by atoms with Crippen molar-refractivity contribution in [1.82, 2.24) is 14.5 Å². The lowest BCUT2D eigenvalue weighted by molar-refractivity contribution is 0.0709.